The molecule has 5 heterocycles. The molecular formula is C85H112N20O11. The van der Waals surface area contributed by atoms with Crippen LogP contribution in [0.5, 0.6) is 0 Å². The topological polar surface area (TPSA) is 534 Å². The first-order valence-corrected chi connectivity index (χ1v) is 40.2. The molecule has 31 nitrogen and oxygen atoms in total. The molecule has 0 fully saturated rings. The molecule has 618 valence electrons. The zero-order valence-corrected chi connectivity index (χ0v) is 65.4. The summed E-state index contributed by atoms with van der Waals surface area (Å²) in [5.41, 5.74) is 43.1. The number of aromatic nitrogens is 5. The van der Waals surface area contributed by atoms with Gasteiger partial charge in [0.15, 0.2) is 0 Å². The molecule has 0 bridgehead atoms. The minimum atomic E-state index is -1.47. The summed E-state index contributed by atoms with van der Waals surface area (Å²) in [5.74, 6) is -8.14. The highest BCUT2D eigenvalue weighted by atomic mass is 16.4. The van der Waals surface area contributed by atoms with Gasteiger partial charge in [-0.3, -0.25) is 43.2 Å². The van der Waals surface area contributed by atoms with E-state index in [2.05, 4.69) is 72.8 Å². The molecule has 0 radical (unpaired) electrons. The third-order valence-corrected chi connectivity index (χ3v) is 21.3. The summed E-state index contributed by atoms with van der Waals surface area (Å²) in [7, 11) is 0. The van der Waals surface area contributed by atoms with E-state index < -0.39 is 120 Å². The molecule has 5 aromatic carbocycles. The number of carboxylic acids is 1. The largest absolute Gasteiger partial charge is 0.480 e. The molecule has 0 spiro atoms. The second-order valence-corrected chi connectivity index (χ2v) is 29.7. The van der Waals surface area contributed by atoms with Gasteiger partial charge in [0.1, 0.15) is 54.4 Å². The van der Waals surface area contributed by atoms with E-state index >= 15 is 28.8 Å². The van der Waals surface area contributed by atoms with Gasteiger partial charge in [-0.15, -0.1) is 0 Å². The van der Waals surface area contributed by atoms with E-state index in [1.807, 2.05) is 121 Å². The number of H-pyrrole nitrogens is 5. The number of nitrogens with two attached hydrogens (primary N) is 6. The number of para-hydroxylation sites is 5. The van der Waals surface area contributed by atoms with Crippen molar-refractivity contribution in [1.29, 1.82) is 0 Å². The van der Waals surface area contributed by atoms with E-state index in [-0.39, 0.29) is 84.0 Å². The fourth-order valence-corrected chi connectivity index (χ4v) is 14.8. The summed E-state index contributed by atoms with van der Waals surface area (Å²) < 4.78 is 0. The van der Waals surface area contributed by atoms with Crippen molar-refractivity contribution in [3.05, 3.63) is 180 Å². The molecule has 0 aliphatic carbocycles. The van der Waals surface area contributed by atoms with E-state index in [1.54, 1.807) is 31.0 Å². The van der Waals surface area contributed by atoms with Gasteiger partial charge in [-0.2, -0.15) is 0 Å². The maximum Gasteiger partial charge on any atom is 0.326 e. The number of rotatable bonds is 49. The van der Waals surface area contributed by atoms with Crippen LogP contribution >= 0.6 is 0 Å². The SMILES string of the molecule is NCCCC[C@H](NC(=O)[C@H](Cc1c[nH]c2ccccc12)NC(=O)[C@H](CCCCN)NC(=O)[C@H](Cc1c[nH]c2ccccc12)NC(=O)[C@H](CCCCN)NC(=O)[C@H](Cc1c[nH]c2ccccc12)NC(=O)[C@H](CCCCN)NC(=O)[C@H](Cc1c[nH]c2ccccc12)NC(=O)[C@@H](N)CCCCN)C(=O)N[C@@H](Cc1c[nH]c2ccccc12)C(=O)O. The van der Waals surface area contributed by atoms with Gasteiger partial charge >= 0.3 is 5.97 Å². The van der Waals surface area contributed by atoms with Gasteiger partial charge in [0.25, 0.3) is 0 Å². The molecule has 31 heteroatoms. The molecule has 0 unspecified atom stereocenters. The van der Waals surface area contributed by atoms with Crippen molar-refractivity contribution in [1.82, 2.24) is 72.8 Å². The lowest BCUT2D eigenvalue weighted by atomic mass is 10.00. The van der Waals surface area contributed by atoms with Crippen molar-refractivity contribution in [2.75, 3.05) is 32.7 Å². The van der Waals surface area contributed by atoms with Gasteiger partial charge in [-0.1, -0.05) is 97.4 Å². The Labute approximate surface area is 672 Å². The Hall–Kier alpha value is -11.7. The molecule has 116 heavy (non-hydrogen) atoms. The lowest BCUT2D eigenvalue weighted by Crippen LogP contribution is -2.61. The van der Waals surface area contributed by atoms with Crippen molar-refractivity contribution < 1.29 is 53.1 Å². The number of nitrogens with one attached hydrogen (secondary N) is 14. The molecular weight excluding hydrogens is 1480 g/mol. The summed E-state index contributed by atoms with van der Waals surface area (Å²) in [6.07, 6.45) is 12.8. The fourth-order valence-electron chi connectivity index (χ4n) is 14.8. The lowest BCUT2D eigenvalue weighted by molar-refractivity contribution is -0.142. The summed E-state index contributed by atoms with van der Waals surface area (Å²) >= 11 is 0. The molecule has 9 amide bonds. The minimum absolute atomic E-state index is 0.00707. The van der Waals surface area contributed by atoms with Crippen molar-refractivity contribution in [3.63, 3.8) is 0 Å². The predicted octanol–water partition coefficient (Wildman–Crippen LogP) is 4.03. The monoisotopic (exact) mass is 1590 g/mol. The van der Waals surface area contributed by atoms with Gasteiger partial charge in [0.05, 0.1) is 6.04 Å². The number of amides is 9. The predicted molar refractivity (Wildman–Crippen MR) is 448 cm³/mol. The Morgan fingerprint density at radius 3 is 0.681 bits per heavy atom. The maximum atomic E-state index is 15.6. The number of hydrogen-bond donors (Lipinski definition) is 21. The highest BCUT2D eigenvalue weighted by molar-refractivity contribution is 6.00. The van der Waals surface area contributed by atoms with Crippen LogP contribution in [0.2, 0.25) is 0 Å². The molecule has 10 rings (SSSR count). The molecule has 0 saturated heterocycles. The van der Waals surface area contributed by atoms with Crippen molar-refractivity contribution in [2.24, 2.45) is 34.4 Å². The average molecular weight is 1590 g/mol. The molecule has 10 aromatic rings. The van der Waals surface area contributed by atoms with E-state index in [0.717, 1.165) is 54.5 Å². The fraction of sp³-hybridized carbons (Fsp3) is 0.412. The van der Waals surface area contributed by atoms with Crippen molar-refractivity contribution in [3.8, 4) is 0 Å². The van der Waals surface area contributed by atoms with Crippen LogP contribution in [0.3, 0.4) is 0 Å². The van der Waals surface area contributed by atoms with Gasteiger partial charge in [0, 0.05) is 118 Å². The molecule has 5 aromatic heterocycles. The van der Waals surface area contributed by atoms with Gasteiger partial charge < -0.3 is 112 Å². The third kappa shape index (κ3) is 23.9. The van der Waals surface area contributed by atoms with E-state index in [4.69, 9.17) is 34.4 Å². The number of benzene rings is 5. The molecule has 0 aliphatic rings. The molecule has 0 aliphatic heterocycles. The summed E-state index contributed by atoms with van der Waals surface area (Å²) in [6.45, 7) is 1.39. The molecule has 10 atom stereocenters. The second-order valence-electron chi connectivity index (χ2n) is 29.7. The zero-order valence-electron chi connectivity index (χ0n) is 65.4. The Kier molecular flexibility index (Phi) is 32.6. The van der Waals surface area contributed by atoms with Crippen LogP contribution in [0, 0.1) is 0 Å². The quantitative estimate of drug-likeness (QED) is 0.0239. The van der Waals surface area contributed by atoms with Gasteiger partial charge in [-0.05, 0) is 181 Å². The second kappa shape index (κ2) is 43.7. The third-order valence-electron chi connectivity index (χ3n) is 21.3. The van der Waals surface area contributed by atoms with Crippen LogP contribution in [0.25, 0.3) is 54.5 Å². The number of carboxylic acid groups (broad SMARTS) is 1. The summed E-state index contributed by atoms with van der Waals surface area (Å²) in [5, 5.41) is 40.2. The standard InChI is InChI=1S/C85H112N20O11/c86-36-16-11-26-61(91)76(106)101-71(41-51-46-92-62-27-6-1-21-56(51)62)81(111)97-67(32-12-17-37-87)77(107)102-72(42-52-47-93-63-28-7-2-22-57(52)63)82(112)98-68(33-13-18-38-88)78(108)103-73(43-53-48-94-64-29-8-3-23-58(53)64)83(113)99-69(34-14-19-39-89)79(109)104-74(44-54-49-95-65-30-9-4-24-59(54)65)84(114)100-70(35-15-20-40-90)80(110)105-75(85(115)116)45-55-50-96-66-31-10-5-25-60(55)66/h1-10,21-25,27-31,46-50,61,67-75,92-96H,11-20,26,32-45,86-91H2,(H,97,111)(H,98,112)(H,99,113)(H,100,114)(H,101,106)(H,102,107)(H,103,108)(H,104,109)(H,105,110)(H,115,116)/t61-,67-,68-,69-,70-,71-,72-,73-,74-,75-/m0/s1. The van der Waals surface area contributed by atoms with E-state index in [9.17, 15) is 24.3 Å². The molecule has 0 saturated carbocycles. The van der Waals surface area contributed by atoms with Gasteiger partial charge in [-0.25, -0.2) is 4.79 Å². The molecule has 27 N–H and O–H groups in total. The number of fused-ring (bicyclic) bond motifs is 5. The first-order chi connectivity index (χ1) is 56.3. The summed E-state index contributed by atoms with van der Waals surface area (Å²) in [6, 6.07) is 23.6. The van der Waals surface area contributed by atoms with Crippen molar-refractivity contribution in [2.45, 2.75) is 189 Å². The Morgan fingerprint density at radius 1 is 0.259 bits per heavy atom. The smallest absolute Gasteiger partial charge is 0.326 e. The van der Waals surface area contributed by atoms with Crippen LogP contribution in [0.1, 0.15) is 124 Å². The van der Waals surface area contributed by atoms with Crippen LogP contribution in [-0.4, -0.2) is 182 Å². The highest BCUT2D eigenvalue weighted by Crippen LogP contribution is 2.26. The zero-order chi connectivity index (χ0) is 82.5. The normalized spacial score (nSPS) is 14.2. The van der Waals surface area contributed by atoms with Crippen LogP contribution in [0.4, 0.5) is 0 Å². The van der Waals surface area contributed by atoms with E-state index in [1.165, 1.54) is 0 Å². The Balaban J connectivity index is 0.927. The Bertz CT molecular complexity index is 4950. The number of carbonyl (C=O) groups is 10. The van der Waals surface area contributed by atoms with Gasteiger partial charge in [0.2, 0.25) is 53.2 Å². The highest BCUT2D eigenvalue weighted by Gasteiger charge is 2.38. The lowest BCUT2D eigenvalue weighted by Gasteiger charge is -2.28. The number of hydrogen-bond acceptors (Lipinski definition) is 16. The average Bonchev–Trinajstić information content (AvgIpc) is 1.56. The summed E-state index contributed by atoms with van der Waals surface area (Å²) in [4.78, 5) is 165. The maximum absolute atomic E-state index is 15.6. The van der Waals surface area contributed by atoms with Crippen LogP contribution < -0.4 is 82.3 Å². The number of aliphatic carboxylic acids is 1. The van der Waals surface area contributed by atoms with Crippen molar-refractivity contribution >= 4 is 114 Å². The van der Waals surface area contributed by atoms with Crippen LogP contribution in [-0.2, 0) is 80.0 Å². The van der Waals surface area contributed by atoms with Crippen LogP contribution in [0.15, 0.2) is 152 Å². The number of unbranched alkanes of at least 4 members (excludes halogenated alkanes) is 5. The first kappa shape index (κ1) is 86.7. The van der Waals surface area contributed by atoms with E-state index in [0.29, 0.717) is 105 Å². The Morgan fingerprint density at radius 2 is 0.448 bits per heavy atom. The minimum Gasteiger partial charge on any atom is -0.480 e. The first-order valence-electron chi connectivity index (χ1n) is 40.2. The number of carbonyl (C=O) groups excluding carboxylic acids is 9. The number of aromatic amines is 5.